The SMILES string of the molecule is CSCC[C@@H](NC(=O)c1ccc2cc[nH]c2c1)C(=O)O. The van der Waals surface area contributed by atoms with E-state index in [1.165, 1.54) is 0 Å². The highest BCUT2D eigenvalue weighted by Crippen LogP contribution is 2.14. The molecule has 1 heterocycles. The van der Waals surface area contributed by atoms with E-state index in [1.54, 1.807) is 30.1 Å². The van der Waals surface area contributed by atoms with Gasteiger partial charge in [-0.15, -0.1) is 0 Å². The molecule has 0 spiro atoms. The van der Waals surface area contributed by atoms with Crippen LogP contribution in [0, 0.1) is 0 Å². The van der Waals surface area contributed by atoms with Crippen LogP contribution >= 0.6 is 11.8 Å². The van der Waals surface area contributed by atoms with Gasteiger partial charge in [0.05, 0.1) is 0 Å². The number of fused-ring (bicyclic) bond motifs is 1. The molecule has 0 saturated carbocycles. The molecule has 0 saturated heterocycles. The molecule has 5 nitrogen and oxygen atoms in total. The molecule has 0 aliphatic heterocycles. The molecule has 1 amide bonds. The zero-order valence-corrected chi connectivity index (χ0v) is 11.9. The summed E-state index contributed by atoms with van der Waals surface area (Å²) in [7, 11) is 0. The first-order chi connectivity index (χ1) is 9.61. The summed E-state index contributed by atoms with van der Waals surface area (Å²) in [4.78, 5) is 26.2. The number of rotatable bonds is 6. The van der Waals surface area contributed by atoms with Gasteiger partial charge in [-0.3, -0.25) is 4.79 Å². The lowest BCUT2D eigenvalue weighted by Gasteiger charge is -2.14. The molecule has 1 atom stereocenters. The Hall–Kier alpha value is -1.95. The minimum atomic E-state index is -1.01. The van der Waals surface area contributed by atoms with Gasteiger partial charge >= 0.3 is 5.97 Å². The van der Waals surface area contributed by atoms with Gasteiger partial charge in [-0.2, -0.15) is 11.8 Å². The van der Waals surface area contributed by atoms with E-state index in [0.717, 1.165) is 10.9 Å². The molecule has 0 unspecified atom stereocenters. The molecule has 3 N–H and O–H groups in total. The number of amides is 1. The Bertz CT molecular complexity index is 624. The number of aromatic nitrogens is 1. The van der Waals surface area contributed by atoms with Crippen molar-refractivity contribution in [1.29, 1.82) is 0 Å². The lowest BCUT2D eigenvalue weighted by molar-refractivity contribution is -0.139. The topological polar surface area (TPSA) is 82.2 Å². The standard InChI is InChI=1S/C14H16N2O3S/c1-20-7-5-11(14(18)19)16-13(17)10-3-2-9-4-6-15-12(9)8-10/h2-4,6,8,11,15H,5,7H2,1H3,(H,16,17)(H,18,19)/t11-/m1/s1. The Morgan fingerprint density at radius 3 is 2.90 bits per heavy atom. The molecule has 0 radical (unpaired) electrons. The molecule has 1 aromatic heterocycles. The molecule has 6 heteroatoms. The van der Waals surface area contributed by atoms with E-state index >= 15 is 0 Å². The number of hydrogen-bond donors (Lipinski definition) is 3. The van der Waals surface area contributed by atoms with Gasteiger partial charge in [-0.25, -0.2) is 4.79 Å². The van der Waals surface area contributed by atoms with Crippen molar-refractivity contribution >= 4 is 34.5 Å². The summed E-state index contributed by atoms with van der Waals surface area (Å²) < 4.78 is 0. The maximum Gasteiger partial charge on any atom is 0.326 e. The Kier molecular flexibility index (Phi) is 4.68. The number of aliphatic carboxylic acids is 1. The molecule has 0 fully saturated rings. The van der Waals surface area contributed by atoms with E-state index in [2.05, 4.69) is 10.3 Å². The van der Waals surface area contributed by atoms with Crippen LogP contribution in [-0.2, 0) is 4.79 Å². The van der Waals surface area contributed by atoms with E-state index < -0.39 is 12.0 Å². The monoisotopic (exact) mass is 292 g/mol. The van der Waals surface area contributed by atoms with Crippen LogP contribution in [-0.4, -0.2) is 40.0 Å². The second kappa shape index (κ2) is 6.47. The molecule has 1 aromatic carbocycles. The minimum absolute atomic E-state index is 0.366. The van der Waals surface area contributed by atoms with Crippen LogP contribution in [0.4, 0.5) is 0 Å². The highest BCUT2D eigenvalue weighted by atomic mass is 32.2. The van der Waals surface area contributed by atoms with Gasteiger partial charge in [0.15, 0.2) is 0 Å². The fourth-order valence-electron chi connectivity index (χ4n) is 1.92. The first-order valence-corrected chi connectivity index (χ1v) is 7.61. The maximum absolute atomic E-state index is 12.1. The molecular weight excluding hydrogens is 276 g/mol. The molecule has 106 valence electrons. The van der Waals surface area contributed by atoms with Crippen molar-refractivity contribution in [2.75, 3.05) is 12.0 Å². The summed E-state index contributed by atoms with van der Waals surface area (Å²) in [5.41, 5.74) is 1.31. The fraction of sp³-hybridized carbons (Fsp3) is 0.286. The Morgan fingerprint density at radius 1 is 1.40 bits per heavy atom. The van der Waals surface area contributed by atoms with Crippen molar-refractivity contribution < 1.29 is 14.7 Å². The van der Waals surface area contributed by atoms with Crippen molar-refractivity contribution in [2.24, 2.45) is 0 Å². The summed E-state index contributed by atoms with van der Waals surface area (Å²) in [5, 5.41) is 12.7. The summed E-state index contributed by atoms with van der Waals surface area (Å²) in [5.74, 6) is -0.684. The van der Waals surface area contributed by atoms with E-state index in [1.807, 2.05) is 18.4 Å². The van der Waals surface area contributed by atoms with Gasteiger partial charge in [-0.1, -0.05) is 6.07 Å². The van der Waals surface area contributed by atoms with Crippen LogP contribution in [0.5, 0.6) is 0 Å². The Morgan fingerprint density at radius 2 is 2.20 bits per heavy atom. The van der Waals surface area contributed by atoms with Crippen LogP contribution in [0.25, 0.3) is 10.9 Å². The van der Waals surface area contributed by atoms with Crippen molar-refractivity contribution in [2.45, 2.75) is 12.5 Å². The van der Waals surface area contributed by atoms with Crippen LogP contribution in [0.1, 0.15) is 16.8 Å². The number of aromatic amines is 1. The van der Waals surface area contributed by atoms with E-state index in [4.69, 9.17) is 5.11 Å². The number of H-pyrrole nitrogens is 1. The average molecular weight is 292 g/mol. The number of carbonyl (C=O) groups excluding carboxylic acids is 1. The fourth-order valence-corrected chi connectivity index (χ4v) is 2.40. The zero-order chi connectivity index (χ0) is 14.5. The number of thioether (sulfide) groups is 1. The van der Waals surface area contributed by atoms with Crippen LogP contribution in [0.15, 0.2) is 30.5 Å². The van der Waals surface area contributed by atoms with Crippen molar-refractivity contribution in [3.63, 3.8) is 0 Å². The molecule has 2 aromatic rings. The first-order valence-electron chi connectivity index (χ1n) is 6.21. The second-order valence-corrected chi connectivity index (χ2v) is 5.41. The summed E-state index contributed by atoms with van der Waals surface area (Å²) >= 11 is 1.55. The van der Waals surface area contributed by atoms with Gasteiger partial charge in [0.2, 0.25) is 0 Å². The quantitative estimate of drug-likeness (QED) is 0.761. The molecular formula is C14H16N2O3S. The molecule has 0 aliphatic carbocycles. The number of nitrogens with one attached hydrogen (secondary N) is 2. The smallest absolute Gasteiger partial charge is 0.326 e. The number of carboxylic acid groups (broad SMARTS) is 1. The van der Waals surface area contributed by atoms with E-state index in [9.17, 15) is 9.59 Å². The summed E-state index contributed by atoms with van der Waals surface area (Å²) in [6.45, 7) is 0. The Balaban J connectivity index is 2.10. The minimum Gasteiger partial charge on any atom is -0.480 e. The summed E-state index contributed by atoms with van der Waals surface area (Å²) in [6.07, 6.45) is 4.11. The van der Waals surface area contributed by atoms with Crippen molar-refractivity contribution in [1.82, 2.24) is 10.3 Å². The highest BCUT2D eigenvalue weighted by Gasteiger charge is 2.20. The van der Waals surface area contributed by atoms with Gasteiger partial charge in [0.1, 0.15) is 6.04 Å². The van der Waals surface area contributed by atoms with Gasteiger partial charge in [-0.05, 0) is 42.0 Å². The predicted molar refractivity (Wildman–Crippen MR) is 80.2 cm³/mol. The van der Waals surface area contributed by atoms with Crippen LogP contribution < -0.4 is 5.32 Å². The van der Waals surface area contributed by atoms with Gasteiger partial charge < -0.3 is 15.4 Å². The second-order valence-electron chi connectivity index (χ2n) is 4.43. The van der Waals surface area contributed by atoms with E-state index in [-0.39, 0.29) is 5.91 Å². The van der Waals surface area contributed by atoms with Crippen molar-refractivity contribution in [3.05, 3.63) is 36.0 Å². The lowest BCUT2D eigenvalue weighted by Crippen LogP contribution is -2.41. The van der Waals surface area contributed by atoms with Crippen LogP contribution in [0.3, 0.4) is 0 Å². The van der Waals surface area contributed by atoms with Crippen molar-refractivity contribution in [3.8, 4) is 0 Å². The zero-order valence-electron chi connectivity index (χ0n) is 11.1. The number of carbonyl (C=O) groups is 2. The number of hydrogen-bond acceptors (Lipinski definition) is 3. The third kappa shape index (κ3) is 3.33. The van der Waals surface area contributed by atoms with Gasteiger partial charge in [0.25, 0.3) is 5.91 Å². The molecule has 2 rings (SSSR count). The largest absolute Gasteiger partial charge is 0.480 e. The predicted octanol–water partition coefficient (Wildman–Crippen LogP) is 2.10. The normalized spacial score (nSPS) is 12.2. The van der Waals surface area contributed by atoms with Gasteiger partial charge in [0, 0.05) is 17.3 Å². The molecule has 20 heavy (non-hydrogen) atoms. The number of benzene rings is 1. The van der Waals surface area contributed by atoms with Crippen LogP contribution in [0.2, 0.25) is 0 Å². The van der Waals surface area contributed by atoms with E-state index in [0.29, 0.717) is 17.7 Å². The first kappa shape index (κ1) is 14.5. The average Bonchev–Trinajstić information content (AvgIpc) is 2.90. The molecule has 0 aliphatic rings. The Labute approximate surface area is 120 Å². The third-order valence-electron chi connectivity index (χ3n) is 3.03. The molecule has 0 bridgehead atoms. The maximum atomic E-state index is 12.1. The highest BCUT2D eigenvalue weighted by molar-refractivity contribution is 7.98. The summed E-state index contributed by atoms with van der Waals surface area (Å²) in [6, 6.07) is 6.31. The number of carboxylic acids is 1. The third-order valence-corrected chi connectivity index (χ3v) is 3.68. The lowest BCUT2D eigenvalue weighted by atomic mass is 10.1.